The van der Waals surface area contributed by atoms with Gasteiger partial charge in [0.25, 0.3) is 5.91 Å². The lowest BCUT2D eigenvalue weighted by Gasteiger charge is -2.46. The van der Waals surface area contributed by atoms with Crippen LogP contribution >= 0.6 is 0 Å². The number of carbonyl (C=O) groups is 1. The van der Waals surface area contributed by atoms with Gasteiger partial charge in [-0.1, -0.05) is 12.1 Å². The molecule has 1 fully saturated rings. The van der Waals surface area contributed by atoms with Crippen molar-refractivity contribution in [2.45, 2.75) is 5.92 Å². The first kappa shape index (κ1) is 20.1. The van der Waals surface area contributed by atoms with Gasteiger partial charge in [0, 0.05) is 11.8 Å². The molecule has 3 rings (SSSR count). The van der Waals surface area contributed by atoms with Crippen molar-refractivity contribution in [3.63, 3.8) is 0 Å². The molecule has 29 heavy (non-hydrogen) atoms. The summed E-state index contributed by atoms with van der Waals surface area (Å²) in [5, 5.41) is 38.2. The SMILES string of the molecule is C[NH+]1CC=C2C(C#N)C(=N)C(C#N)(C#N)[C@H](c3ccc(OCC(N)=O)cc3)[C@H]2C1. The van der Waals surface area contributed by atoms with Crippen molar-refractivity contribution in [2.75, 3.05) is 26.7 Å². The molecule has 1 amide bonds. The van der Waals surface area contributed by atoms with Crippen LogP contribution in [-0.2, 0) is 4.79 Å². The molecule has 1 aliphatic carbocycles. The second-order valence-corrected chi connectivity index (χ2v) is 7.49. The Kier molecular flexibility index (Phi) is 5.37. The molecule has 4 N–H and O–H groups in total. The summed E-state index contributed by atoms with van der Waals surface area (Å²) in [6.07, 6.45) is 1.97. The topological polar surface area (TPSA) is 152 Å². The van der Waals surface area contributed by atoms with Crippen LogP contribution < -0.4 is 15.4 Å². The summed E-state index contributed by atoms with van der Waals surface area (Å²) in [5.41, 5.74) is 4.74. The van der Waals surface area contributed by atoms with Gasteiger partial charge >= 0.3 is 0 Å². The van der Waals surface area contributed by atoms with Crippen molar-refractivity contribution in [1.29, 1.82) is 21.2 Å². The molecular weight excluding hydrogens is 368 g/mol. The van der Waals surface area contributed by atoms with E-state index in [0.29, 0.717) is 17.9 Å². The molecule has 8 heteroatoms. The van der Waals surface area contributed by atoms with E-state index in [2.05, 4.69) is 18.2 Å². The number of rotatable bonds is 4. The van der Waals surface area contributed by atoms with Gasteiger partial charge in [0.1, 0.15) is 11.7 Å². The first-order valence-corrected chi connectivity index (χ1v) is 9.21. The molecule has 0 aromatic heterocycles. The van der Waals surface area contributed by atoms with Gasteiger partial charge in [0.2, 0.25) is 0 Å². The number of amides is 1. The van der Waals surface area contributed by atoms with Gasteiger partial charge in [0.05, 0.1) is 44.1 Å². The predicted molar refractivity (Wildman–Crippen MR) is 103 cm³/mol. The quantitative estimate of drug-likeness (QED) is 0.615. The van der Waals surface area contributed by atoms with Crippen molar-refractivity contribution in [1.82, 2.24) is 0 Å². The normalized spacial score (nSPS) is 27.4. The lowest BCUT2D eigenvalue weighted by molar-refractivity contribution is -0.878. The fourth-order valence-corrected chi connectivity index (χ4v) is 4.36. The largest absolute Gasteiger partial charge is 0.484 e. The Morgan fingerprint density at radius 3 is 2.52 bits per heavy atom. The van der Waals surface area contributed by atoms with E-state index in [4.69, 9.17) is 15.9 Å². The first-order chi connectivity index (χ1) is 13.9. The van der Waals surface area contributed by atoms with Crippen LogP contribution in [-0.4, -0.2) is 38.4 Å². The molecule has 8 nitrogen and oxygen atoms in total. The number of carbonyl (C=O) groups excluding carboxylic acids is 1. The fraction of sp³-hybridized carbons (Fsp3) is 0.381. The molecule has 1 aromatic rings. The van der Waals surface area contributed by atoms with Gasteiger partial charge in [-0.2, -0.15) is 15.8 Å². The minimum Gasteiger partial charge on any atom is -0.484 e. The maximum absolute atomic E-state index is 10.9. The van der Waals surface area contributed by atoms with Crippen LogP contribution in [0.3, 0.4) is 0 Å². The van der Waals surface area contributed by atoms with Gasteiger partial charge in [-0.3, -0.25) is 4.79 Å². The number of likely N-dealkylation sites (N-methyl/N-ethyl adjacent to an activating group) is 1. The van der Waals surface area contributed by atoms with Crippen LogP contribution in [0.25, 0.3) is 0 Å². The summed E-state index contributed by atoms with van der Waals surface area (Å²) in [5.74, 6) is -1.80. The summed E-state index contributed by atoms with van der Waals surface area (Å²) >= 11 is 0. The molecule has 2 aliphatic rings. The third kappa shape index (κ3) is 3.33. The molecule has 0 saturated heterocycles. The third-order valence-corrected chi connectivity index (χ3v) is 5.70. The van der Waals surface area contributed by atoms with Crippen LogP contribution in [0.15, 0.2) is 35.9 Å². The Morgan fingerprint density at radius 1 is 1.31 bits per heavy atom. The Morgan fingerprint density at radius 2 is 1.97 bits per heavy atom. The molecule has 1 saturated carbocycles. The molecular formula is C21H21N6O2+. The van der Waals surface area contributed by atoms with Crippen LogP contribution in [0, 0.1) is 56.7 Å². The summed E-state index contributed by atoms with van der Waals surface area (Å²) in [7, 11) is 2.02. The number of nitrogens with one attached hydrogen (secondary N) is 2. The fourth-order valence-electron chi connectivity index (χ4n) is 4.36. The zero-order chi connectivity index (χ0) is 21.2. The highest BCUT2D eigenvalue weighted by Crippen LogP contribution is 2.52. The Labute approximate surface area is 168 Å². The highest BCUT2D eigenvalue weighted by atomic mass is 16.5. The number of nitrogens with zero attached hydrogens (tertiary/aromatic N) is 3. The number of primary amides is 1. The van der Waals surface area contributed by atoms with Gasteiger partial charge in [-0.25, -0.2) is 0 Å². The number of benzene rings is 1. The van der Waals surface area contributed by atoms with Crippen molar-refractivity contribution in [3.05, 3.63) is 41.5 Å². The second-order valence-electron chi connectivity index (χ2n) is 7.49. The summed E-state index contributed by atoms with van der Waals surface area (Å²) in [6, 6.07) is 13.1. The van der Waals surface area contributed by atoms with Crippen LogP contribution in [0.1, 0.15) is 11.5 Å². The smallest absolute Gasteiger partial charge is 0.255 e. The average molecular weight is 389 g/mol. The molecule has 2 unspecified atom stereocenters. The van der Waals surface area contributed by atoms with E-state index >= 15 is 0 Å². The highest BCUT2D eigenvalue weighted by Gasteiger charge is 2.58. The zero-order valence-electron chi connectivity index (χ0n) is 16.0. The Bertz CT molecular complexity index is 978. The summed E-state index contributed by atoms with van der Waals surface area (Å²) in [6.45, 7) is 1.14. The summed E-state index contributed by atoms with van der Waals surface area (Å²) in [4.78, 5) is 12.1. The van der Waals surface area contributed by atoms with Crippen LogP contribution in [0.2, 0.25) is 0 Å². The Balaban J connectivity index is 2.09. The minimum absolute atomic E-state index is 0.161. The average Bonchev–Trinajstić information content (AvgIpc) is 2.72. The van der Waals surface area contributed by atoms with E-state index in [1.807, 2.05) is 13.1 Å². The van der Waals surface area contributed by atoms with Gasteiger partial charge in [-0.05, 0) is 29.3 Å². The lowest BCUT2D eigenvalue weighted by atomic mass is 9.54. The van der Waals surface area contributed by atoms with E-state index in [-0.39, 0.29) is 18.2 Å². The Hall–Kier alpha value is -3.67. The molecule has 1 aliphatic heterocycles. The standard InChI is InChI=1S/C21H20N6O2/c1-27-7-6-15-16(8-22)20(26)21(11-23,12-24)19(17(15)9-27)13-2-4-14(5-3-13)29-10-18(25)28/h2-6,16-17,19,26H,7,9-10H2,1H3,(H2,25,28)/p+1/t16?,17-,19+/m0/s1. The van der Waals surface area contributed by atoms with Crippen molar-refractivity contribution < 1.29 is 14.4 Å². The number of ether oxygens (including phenoxy) is 1. The van der Waals surface area contributed by atoms with E-state index in [9.17, 15) is 20.6 Å². The molecule has 1 heterocycles. The van der Waals surface area contributed by atoms with Gasteiger partial charge in [-0.15, -0.1) is 0 Å². The van der Waals surface area contributed by atoms with E-state index in [0.717, 1.165) is 12.1 Å². The van der Waals surface area contributed by atoms with Crippen LogP contribution in [0.4, 0.5) is 0 Å². The number of hydrogen-bond donors (Lipinski definition) is 3. The first-order valence-electron chi connectivity index (χ1n) is 9.21. The molecule has 0 bridgehead atoms. The molecule has 1 aromatic carbocycles. The van der Waals surface area contributed by atoms with E-state index < -0.39 is 23.2 Å². The second kappa shape index (κ2) is 7.75. The lowest BCUT2D eigenvalue weighted by Crippen LogP contribution is -3.10. The maximum Gasteiger partial charge on any atom is 0.255 e. The highest BCUT2D eigenvalue weighted by molar-refractivity contribution is 6.00. The molecule has 4 atom stereocenters. The number of nitrogens with two attached hydrogens (primary N) is 1. The monoisotopic (exact) mass is 389 g/mol. The predicted octanol–water partition coefficient (Wildman–Crippen LogP) is -0.0881. The number of fused-ring (bicyclic) bond motifs is 1. The van der Waals surface area contributed by atoms with Crippen molar-refractivity contribution in [2.24, 2.45) is 23.0 Å². The van der Waals surface area contributed by atoms with Gasteiger partial charge < -0.3 is 20.8 Å². The van der Waals surface area contributed by atoms with Crippen molar-refractivity contribution >= 4 is 11.6 Å². The number of quaternary nitrogens is 1. The molecule has 0 spiro atoms. The van der Waals surface area contributed by atoms with E-state index in [1.54, 1.807) is 24.3 Å². The van der Waals surface area contributed by atoms with Crippen LogP contribution in [0.5, 0.6) is 5.75 Å². The van der Waals surface area contributed by atoms with E-state index in [1.165, 1.54) is 4.90 Å². The van der Waals surface area contributed by atoms with Crippen molar-refractivity contribution in [3.8, 4) is 24.0 Å². The molecule has 146 valence electrons. The maximum atomic E-state index is 10.9. The number of nitriles is 3. The minimum atomic E-state index is -1.73. The number of hydrogen-bond acceptors (Lipinski definition) is 6. The molecule has 0 radical (unpaired) electrons. The third-order valence-electron chi connectivity index (χ3n) is 5.70. The summed E-state index contributed by atoms with van der Waals surface area (Å²) < 4.78 is 5.29. The zero-order valence-corrected chi connectivity index (χ0v) is 16.0. The van der Waals surface area contributed by atoms with Gasteiger partial charge in [0.15, 0.2) is 12.0 Å².